The zero-order valence-corrected chi connectivity index (χ0v) is 13.0. The van der Waals surface area contributed by atoms with Crippen molar-refractivity contribution >= 4 is 22.4 Å². The minimum atomic E-state index is -0.371. The lowest BCUT2D eigenvalue weighted by atomic mass is 10.0. The van der Waals surface area contributed by atoms with Gasteiger partial charge in [0.15, 0.2) is 0 Å². The molecule has 2 aromatic heterocycles. The highest BCUT2D eigenvalue weighted by atomic mass is 16.5. The third kappa shape index (κ3) is 3.26. The Morgan fingerprint density at radius 3 is 2.83 bits per heavy atom. The van der Waals surface area contributed by atoms with Gasteiger partial charge in [-0.3, -0.25) is 9.97 Å². The summed E-state index contributed by atoms with van der Waals surface area (Å²) in [7, 11) is 1.36. The fourth-order valence-corrected chi connectivity index (χ4v) is 2.39. The van der Waals surface area contributed by atoms with E-state index < -0.39 is 0 Å². The molecule has 0 aliphatic carbocycles. The molecule has 0 unspecified atom stereocenters. The summed E-state index contributed by atoms with van der Waals surface area (Å²) in [6.45, 7) is 1.86. The summed E-state index contributed by atoms with van der Waals surface area (Å²) in [5, 5.41) is 1.08. The van der Waals surface area contributed by atoms with Crippen molar-refractivity contribution in [3.8, 4) is 11.1 Å². The van der Waals surface area contributed by atoms with E-state index in [2.05, 4.69) is 20.8 Å². The Labute approximate surface area is 134 Å². The first-order valence-electron chi connectivity index (χ1n) is 7.24. The molecule has 0 aliphatic rings. The highest BCUT2D eigenvalue weighted by molar-refractivity contribution is 5.91. The lowest BCUT2D eigenvalue weighted by Gasteiger charge is -2.06. The predicted octanol–water partition coefficient (Wildman–Crippen LogP) is 3.87. The van der Waals surface area contributed by atoms with E-state index in [-0.39, 0.29) is 5.97 Å². The Bertz CT molecular complexity index is 901. The van der Waals surface area contributed by atoms with E-state index in [9.17, 15) is 4.79 Å². The lowest BCUT2D eigenvalue weighted by molar-refractivity contribution is -0.134. The molecule has 0 saturated carbocycles. The minimum absolute atomic E-state index is 0.371. The third-order valence-electron chi connectivity index (χ3n) is 3.67. The van der Waals surface area contributed by atoms with E-state index in [1.165, 1.54) is 13.2 Å². The maximum absolute atomic E-state index is 11.4. The summed E-state index contributed by atoms with van der Waals surface area (Å²) in [6, 6.07) is 12.1. The fraction of sp³-hybridized carbons (Fsp3) is 0.105. The molecule has 114 valence electrons. The zero-order valence-electron chi connectivity index (χ0n) is 13.0. The molecule has 1 aromatic carbocycles. The van der Waals surface area contributed by atoms with Gasteiger partial charge in [0.05, 0.1) is 12.6 Å². The van der Waals surface area contributed by atoms with Crippen LogP contribution >= 0.6 is 0 Å². The molecule has 3 rings (SSSR count). The molecular weight excluding hydrogens is 288 g/mol. The van der Waals surface area contributed by atoms with E-state index in [0.717, 1.165) is 33.2 Å². The number of esters is 1. The first kappa shape index (κ1) is 14.9. The van der Waals surface area contributed by atoms with E-state index in [0.29, 0.717) is 0 Å². The first-order valence-corrected chi connectivity index (χ1v) is 7.24. The van der Waals surface area contributed by atoms with Crippen LogP contribution in [0.1, 0.15) is 12.5 Å². The molecule has 0 amide bonds. The minimum Gasteiger partial charge on any atom is -0.466 e. The number of hydrogen-bond acceptors (Lipinski definition) is 4. The van der Waals surface area contributed by atoms with Gasteiger partial charge in [-0.15, -0.1) is 0 Å². The monoisotopic (exact) mass is 304 g/mol. The molecule has 3 aromatic rings. The molecular formula is C19H16N2O2. The van der Waals surface area contributed by atoms with Crippen LogP contribution in [0.4, 0.5) is 0 Å². The Balaban J connectivity index is 2.01. The number of hydrogen-bond donors (Lipinski definition) is 0. The van der Waals surface area contributed by atoms with Crippen LogP contribution in [-0.4, -0.2) is 23.0 Å². The number of carbonyl (C=O) groups excluding carboxylic acids is 1. The van der Waals surface area contributed by atoms with Crippen molar-refractivity contribution in [2.45, 2.75) is 6.92 Å². The van der Waals surface area contributed by atoms with Crippen LogP contribution in [0.2, 0.25) is 0 Å². The zero-order chi connectivity index (χ0) is 16.2. The molecule has 2 heterocycles. The number of nitrogens with zero attached hydrogens (tertiary/aromatic N) is 2. The Morgan fingerprint density at radius 1 is 1.13 bits per heavy atom. The van der Waals surface area contributed by atoms with Crippen LogP contribution in [0.5, 0.6) is 0 Å². The van der Waals surface area contributed by atoms with E-state index in [1.807, 2.05) is 43.5 Å². The van der Waals surface area contributed by atoms with Crippen molar-refractivity contribution < 1.29 is 9.53 Å². The number of carbonyl (C=O) groups is 1. The maximum Gasteiger partial charge on any atom is 0.330 e. The van der Waals surface area contributed by atoms with Crippen LogP contribution < -0.4 is 0 Å². The van der Waals surface area contributed by atoms with Crippen LogP contribution in [0.3, 0.4) is 0 Å². The Morgan fingerprint density at radius 2 is 2.00 bits per heavy atom. The fourth-order valence-electron chi connectivity index (χ4n) is 2.39. The molecule has 0 N–H and O–H groups in total. The van der Waals surface area contributed by atoms with Gasteiger partial charge in [-0.2, -0.15) is 0 Å². The molecule has 0 saturated heterocycles. The number of benzene rings is 1. The van der Waals surface area contributed by atoms with Gasteiger partial charge in [0.2, 0.25) is 0 Å². The van der Waals surface area contributed by atoms with Gasteiger partial charge in [-0.1, -0.05) is 12.1 Å². The van der Waals surface area contributed by atoms with E-state index in [4.69, 9.17) is 0 Å². The lowest BCUT2D eigenvalue weighted by Crippen LogP contribution is -1.96. The second-order valence-electron chi connectivity index (χ2n) is 5.22. The van der Waals surface area contributed by atoms with Gasteiger partial charge in [0, 0.05) is 35.6 Å². The molecule has 4 nitrogen and oxygen atoms in total. The molecule has 0 spiro atoms. The molecule has 0 fully saturated rings. The van der Waals surface area contributed by atoms with Crippen molar-refractivity contribution in [1.82, 2.24) is 9.97 Å². The molecule has 0 aliphatic heterocycles. The van der Waals surface area contributed by atoms with Crippen molar-refractivity contribution in [3.05, 3.63) is 66.6 Å². The number of ether oxygens (including phenoxy) is 1. The van der Waals surface area contributed by atoms with Gasteiger partial charge < -0.3 is 4.74 Å². The third-order valence-corrected chi connectivity index (χ3v) is 3.67. The first-order chi connectivity index (χ1) is 11.2. The molecule has 0 bridgehead atoms. The summed E-state index contributed by atoms with van der Waals surface area (Å²) in [5.41, 5.74) is 4.71. The number of pyridine rings is 2. The summed E-state index contributed by atoms with van der Waals surface area (Å²) < 4.78 is 4.66. The summed E-state index contributed by atoms with van der Waals surface area (Å²) >= 11 is 0. The van der Waals surface area contributed by atoms with Crippen LogP contribution in [0.25, 0.3) is 27.6 Å². The Kier molecular flexibility index (Phi) is 4.15. The molecule has 0 atom stereocenters. The standard InChI is InChI=1S/C19H16N2O2/c1-13(8-19(22)23-2)16-10-17(12-20-11-16)14-5-6-18-15(9-14)4-3-7-21-18/h3-12H,1-2H3/b13-8+. The average molecular weight is 304 g/mol. The van der Waals surface area contributed by atoms with E-state index >= 15 is 0 Å². The van der Waals surface area contributed by atoms with Crippen molar-refractivity contribution in [2.75, 3.05) is 7.11 Å². The average Bonchev–Trinajstić information content (AvgIpc) is 2.61. The van der Waals surface area contributed by atoms with Crippen LogP contribution in [0, 0.1) is 0 Å². The highest BCUT2D eigenvalue weighted by Gasteiger charge is 2.05. The van der Waals surface area contributed by atoms with E-state index in [1.54, 1.807) is 12.4 Å². The van der Waals surface area contributed by atoms with Gasteiger partial charge >= 0.3 is 5.97 Å². The quantitative estimate of drug-likeness (QED) is 0.544. The van der Waals surface area contributed by atoms with Gasteiger partial charge in [-0.05, 0) is 47.9 Å². The molecule has 4 heteroatoms. The van der Waals surface area contributed by atoms with Gasteiger partial charge in [0.1, 0.15) is 0 Å². The maximum atomic E-state index is 11.4. The van der Waals surface area contributed by atoms with Gasteiger partial charge in [-0.25, -0.2) is 4.79 Å². The predicted molar refractivity (Wildman–Crippen MR) is 90.6 cm³/mol. The van der Waals surface area contributed by atoms with Gasteiger partial charge in [0.25, 0.3) is 0 Å². The number of aromatic nitrogens is 2. The normalized spacial score (nSPS) is 11.5. The number of rotatable bonds is 3. The second kappa shape index (κ2) is 6.40. The molecule has 0 radical (unpaired) electrons. The summed E-state index contributed by atoms with van der Waals surface area (Å²) in [4.78, 5) is 20.0. The second-order valence-corrected chi connectivity index (χ2v) is 5.22. The van der Waals surface area contributed by atoms with Crippen molar-refractivity contribution in [1.29, 1.82) is 0 Å². The SMILES string of the molecule is COC(=O)/C=C(\C)c1cncc(-c2ccc3ncccc3c2)c1. The van der Waals surface area contributed by atoms with Crippen LogP contribution in [-0.2, 0) is 9.53 Å². The van der Waals surface area contributed by atoms with Crippen LogP contribution in [0.15, 0.2) is 61.1 Å². The highest BCUT2D eigenvalue weighted by Crippen LogP contribution is 2.25. The molecule has 23 heavy (non-hydrogen) atoms. The van der Waals surface area contributed by atoms with Crippen molar-refractivity contribution in [2.24, 2.45) is 0 Å². The smallest absolute Gasteiger partial charge is 0.330 e. The number of fused-ring (bicyclic) bond motifs is 1. The Hall–Kier alpha value is -3.01. The topological polar surface area (TPSA) is 52.1 Å². The summed E-state index contributed by atoms with van der Waals surface area (Å²) in [6.07, 6.45) is 6.80. The number of allylic oxidation sites excluding steroid dienone is 1. The van der Waals surface area contributed by atoms with Crippen molar-refractivity contribution in [3.63, 3.8) is 0 Å². The summed E-state index contributed by atoms with van der Waals surface area (Å²) in [5.74, 6) is -0.371. The number of methoxy groups -OCH3 is 1. The largest absolute Gasteiger partial charge is 0.466 e.